The molecule has 0 aliphatic carbocycles. The number of amides is 2. The zero-order valence-electron chi connectivity index (χ0n) is 18.4. The van der Waals surface area contributed by atoms with E-state index in [0.717, 1.165) is 68.1 Å². The number of nitrogens with one attached hydrogen (secondary N) is 3. The highest BCUT2D eigenvalue weighted by molar-refractivity contribution is 6.35. The molecule has 2 amide bonds. The Morgan fingerprint density at radius 3 is 2.61 bits per heavy atom. The predicted octanol–water partition coefficient (Wildman–Crippen LogP) is 2.00. The van der Waals surface area contributed by atoms with Gasteiger partial charge < -0.3 is 25.8 Å². The van der Waals surface area contributed by atoms with Crippen LogP contribution >= 0.6 is 0 Å². The van der Waals surface area contributed by atoms with Crippen molar-refractivity contribution in [1.82, 2.24) is 19.8 Å². The summed E-state index contributed by atoms with van der Waals surface area (Å²) >= 11 is 0. The molecule has 0 radical (unpaired) electrons. The van der Waals surface area contributed by atoms with Crippen LogP contribution in [0.3, 0.4) is 0 Å². The van der Waals surface area contributed by atoms with E-state index in [0.29, 0.717) is 5.95 Å². The molecule has 2 aliphatic heterocycles. The Morgan fingerprint density at radius 2 is 1.81 bits per heavy atom. The van der Waals surface area contributed by atoms with E-state index in [4.69, 9.17) is 0 Å². The fraction of sp³-hybridized carbons (Fsp3) is 0.500. The molecule has 1 aromatic heterocycles. The summed E-state index contributed by atoms with van der Waals surface area (Å²) in [5, 5.41) is 9.68. The minimum absolute atomic E-state index is 0.0401. The lowest BCUT2D eigenvalue weighted by Gasteiger charge is -2.17. The Balaban J connectivity index is 1.32. The normalized spacial score (nSPS) is 16.5. The van der Waals surface area contributed by atoms with Crippen molar-refractivity contribution in [2.75, 3.05) is 55.2 Å². The van der Waals surface area contributed by atoms with E-state index < -0.39 is 0 Å². The highest BCUT2D eigenvalue weighted by Crippen LogP contribution is 2.19. The number of hydrogen-bond donors (Lipinski definition) is 3. The number of nitrogens with zero attached hydrogens (tertiary/aromatic N) is 4. The lowest BCUT2D eigenvalue weighted by molar-refractivity contribution is 0.222. The third-order valence-electron chi connectivity index (χ3n) is 5.88. The molecule has 2 saturated heterocycles. The van der Waals surface area contributed by atoms with Gasteiger partial charge in [-0.15, -0.1) is 0 Å². The van der Waals surface area contributed by atoms with Gasteiger partial charge in [-0.3, -0.25) is 0 Å². The summed E-state index contributed by atoms with van der Waals surface area (Å²) in [4.78, 5) is 25.8. The van der Waals surface area contributed by atoms with Gasteiger partial charge in [0.15, 0.2) is 0 Å². The van der Waals surface area contributed by atoms with E-state index >= 15 is 0 Å². The molecule has 2 fully saturated rings. The zero-order chi connectivity index (χ0) is 21.5. The minimum Gasteiger partial charge on any atom is -0.370 e. The number of carbonyl (C=O) groups excluding carboxylic acids is 1. The van der Waals surface area contributed by atoms with Crippen molar-refractivity contribution in [2.45, 2.75) is 32.1 Å². The summed E-state index contributed by atoms with van der Waals surface area (Å²) in [6.07, 6.45) is 7.75. The standard InChI is InChI=1S/C22H32BN7O/c23-19-16-25-21(28-20(19)24-9-6-12-29-10-1-2-11-29)26-17-7-5-8-18(15-17)27-22(31)30-13-3-4-14-30/h5,7-8,15-16H,1-4,6,9-14,23H2,(H,27,31)(H2,24,25,26,28). The summed E-state index contributed by atoms with van der Waals surface area (Å²) in [5.74, 6) is 1.40. The molecule has 0 saturated carbocycles. The fourth-order valence-electron chi connectivity index (χ4n) is 4.12. The smallest absolute Gasteiger partial charge is 0.321 e. The van der Waals surface area contributed by atoms with Gasteiger partial charge in [0.2, 0.25) is 5.95 Å². The largest absolute Gasteiger partial charge is 0.370 e. The topological polar surface area (TPSA) is 85.4 Å². The molecule has 3 heterocycles. The Kier molecular flexibility index (Phi) is 7.24. The van der Waals surface area contributed by atoms with E-state index in [-0.39, 0.29) is 6.03 Å². The van der Waals surface area contributed by atoms with Crippen molar-refractivity contribution in [1.29, 1.82) is 0 Å². The van der Waals surface area contributed by atoms with Crippen molar-refractivity contribution in [3.63, 3.8) is 0 Å². The molecule has 0 unspecified atom stereocenters. The number of carbonyl (C=O) groups is 1. The second-order valence-corrected chi connectivity index (χ2v) is 8.38. The SMILES string of the molecule is Bc1cnc(Nc2cccc(NC(=O)N3CCCC3)c2)nc1NCCCN1CCCC1. The van der Waals surface area contributed by atoms with Crippen LogP contribution in [0, 0.1) is 0 Å². The first kappa shape index (κ1) is 21.4. The lowest BCUT2D eigenvalue weighted by Crippen LogP contribution is -2.32. The minimum atomic E-state index is -0.0401. The Labute approximate surface area is 185 Å². The summed E-state index contributed by atoms with van der Waals surface area (Å²) in [7, 11) is 2.01. The second-order valence-electron chi connectivity index (χ2n) is 8.38. The molecular weight excluding hydrogens is 389 g/mol. The molecule has 0 spiro atoms. The van der Waals surface area contributed by atoms with Crippen LogP contribution < -0.4 is 21.4 Å². The number of likely N-dealkylation sites (tertiary alicyclic amines) is 2. The molecular formula is C22H32BN7O. The van der Waals surface area contributed by atoms with Crippen LogP contribution in [0.2, 0.25) is 0 Å². The molecule has 0 atom stereocenters. The van der Waals surface area contributed by atoms with Crippen LogP contribution in [0.15, 0.2) is 30.5 Å². The molecule has 4 rings (SSSR count). The lowest BCUT2D eigenvalue weighted by atomic mass is 9.99. The summed E-state index contributed by atoms with van der Waals surface area (Å²) in [6.45, 7) is 6.16. The number of anilines is 4. The zero-order valence-corrected chi connectivity index (χ0v) is 18.4. The molecule has 0 bridgehead atoms. The fourth-order valence-corrected chi connectivity index (χ4v) is 4.12. The third-order valence-corrected chi connectivity index (χ3v) is 5.88. The van der Waals surface area contributed by atoms with Crippen molar-refractivity contribution in [3.8, 4) is 0 Å². The molecule has 31 heavy (non-hydrogen) atoms. The van der Waals surface area contributed by atoms with Gasteiger partial charge >= 0.3 is 6.03 Å². The third kappa shape index (κ3) is 6.10. The van der Waals surface area contributed by atoms with E-state index in [1.807, 2.05) is 43.2 Å². The van der Waals surface area contributed by atoms with E-state index in [2.05, 4.69) is 30.8 Å². The van der Waals surface area contributed by atoms with E-state index in [1.165, 1.54) is 25.9 Å². The average Bonchev–Trinajstić information content (AvgIpc) is 3.48. The molecule has 1 aromatic carbocycles. The second kappa shape index (κ2) is 10.5. The Bertz CT molecular complexity index is 882. The van der Waals surface area contributed by atoms with E-state index in [9.17, 15) is 4.79 Å². The number of rotatable bonds is 8. The number of aromatic nitrogens is 2. The Morgan fingerprint density at radius 1 is 1.06 bits per heavy atom. The average molecular weight is 421 g/mol. The number of urea groups is 1. The molecule has 9 heteroatoms. The van der Waals surface area contributed by atoms with Crippen LogP contribution in [0.5, 0.6) is 0 Å². The summed E-state index contributed by atoms with van der Waals surface area (Å²) in [5.41, 5.74) is 2.62. The van der Waals surface area contributed by atoms with E-state index in [1.54, 1.807) is 0 Å². The summed E-state index contributed by atoms with van der Waals surface area (Å²) in [6, 6.07) is 7.61. The van der Waals surface area contributed by atoms with Crippen molar-refractivity contribution in [3.05, 3.63) is 30.5 Å². The number of hydrogen-bond acceptors (Lipinski definition) is 6. The van der Waals surface area contributed by atoms with Crippen LogP contribution in [0.4, 0.5) is 27.9 Å². The quantitative estimate of drug-likeness (QED) is 0.447. The predicted molar refractivity (Wildman–Crippen MR) is 129 cm³/mol. The molecule has 164 valence electrons. The van der Waals surface area contributed by atoms with Crippen molar-refractivity contribution in [2.24, 2.45) is 0 Å². The van der Waals surface area contributed by atoms with Gasteiger partial charge in [0.1, 0.15) is 13.7 Å². The highest BCUT2D eigenvalue weighted by atomic mass is 16.2. The van der Waals surface area contributed by atoms with Gasteiger partial charge in [-0.05, 0) is 75.4 Å². The van der Waals surface area contributed by atoms with Gasteiger partial charge in [-0.2, -0.15) is 4.98 Å². The first-order valence-electron chi connectivity index (χ1n) is 11.4. The molecule has 2 aromatic rings. The maximum absolute atomic E-state index is 12.3. The van der Waals surface area contributed by atoms with Crippen LogP contribution in [0.1, 0.15) is 32.1 Å². The van der Waals surface area contributed by atoms with Crippen molar-refractivity contribution < 1.29 is 4.79 Å². The van der Waals surface area contributed by atoms with Crippen LogP contribution in [-0.4, -0.2) is 72.9 Å². The summed E-state index contributed by atoms with van der Waals surface area (Å²) < 4.78 is 0. The maximum Gasteiger partial charge on any atom is 0.321 e. The Hall–Kier alpha value is -2.81. The first-order valence-corrected chi connectivity index (χ1v) is 11.4. The van der Waals surface area contributed by atoms with Gasteiger partial charge in [-0.25, -0.2) is 9.78 Å². The van der Waals surface area contributed by atoms with Gasteiger partial charge in [0, 0.05) is 37.2 Å². The number of benzene rings is 1. The van der Waals surface area contributed by atoms with Crippen LogP contribution in [0.25, 0.3) is 0 Å². The van der Waals surface area contributed by atoms with Gasteiger partial charge in [-0.1, -0.05) is 6.07 Å². The highest BCUT2D eigenvalue weighted by Gasteiger charge is 2.17. The molecule has 2 aliphatic rings. The molecule has 3 N–H and O–H groups in total. The van der Waals surface area contributed by atoms with Gasteiger partial charge in [0.05, 0.1) is 0 Å². The van der Waals surface area contributed by atoms with Crippen LogP contribution in [-0.2, 0) is 0 Å². The monoisotopic (exact) mass is 421 g/mol. The maximum atomic E-state index is 12.3. The molecule has 8 nitrogen and oxygen atoms in total. The van der Waals surface area contributed by atoms with Gasteiger partial charge in [0.25, 0.3) is 0 Å². The first-order chi connectivity index (χ1) is 15.2. The van der Waals surface area contributed by atoms with Crippen molar-refractivity contribution >= 4 is 42.5 Å².